The smallest absolute Gasteiger partial charge is 0.271 e. The standard InChI is InChI=1S/C14H8Br2N2O3/c15-12-5-11(18(19)20)6-13(16)14(12)21-8-10-3-1-2-9(4-10)7-17/h1-6H,8H2. The predicted octanol–water partition coefficient (Wildman–Crippen LogP) is 4.57. The number of nitro benzene ring substituents is 1. The van der Waals surface area contributed by atoms with Crippen molar-refractivity contribution in [1.82, 2.24) is 0 Å². The van der Waals surface area contributed by atoms with Crippen molar-refractivity contribution in [3.63, 3.8) is 0 Å². The zero-order valence-corrected chi connectivity index (χ0v) is 13.7. The lowest BCUT2D eigenvalue weighted by Gasteiger charge is -2.10. The number of nitrogens with zero attached hydrogens (tertiary/aromatic N) is 2. The van der Waals surface area contributed by atoms with Gasteiger partial charge in [-0.05, 0) is 49.6 Å². The van der Waals surface area contributed by atoms with Crippen LogP contribution >= 0.6 is 31.9 Å². The van der Waals surface area contributed by atoms with E-state index < -0.39 is 4.92 Å². The molecular formula is C14H8Br2N2O3. The Hall–Kier alpha value is -1.91. The summed E-state index contributed by atoms with van der Waals surface area (Å²) < 4.78 is 6.63. The molecule has 0 saturated carbocycles. The Labute approximate surface area is 137 Å². The van der Waals surface area contributed by atoms with Gasteiger partial charge >= 0.3 is 0 Å². The van der Waals surface area contributed by atoms with E-state index in [0.29, 0.717) is 20.3 Å². The highest BCUT2D eigenvalue weighted by Crippen LogP contribution is 2.37. The highest BCUT2D eigenvalue weighted by atomic mass is 79.9. The van der Waals surface area contributed by atoms with Crippen LogP contribution < -0.4 is 4.74 Å². The van der Waals surface area contributed by atoms with Crippen LogP contribution in [0.1, 0.15) is 11.1 Å². The normalized spacial score (nSPS) is 9.95. The molecule has 0 heterocycles. The molecule has 0 fully saturated rings. The van der Waals surface area contributed by atoms with Gasteiger partial charge in [0.1, 0.15) is 12.4 Å². The molecule has 0 aliphatic rings. The molecule has 0 radical (unpaired) electrons. The maximum atomic E-state index is 10.8. The third-order valence-electron chi connectivity index (χ3n) is 2.63. The summed E-state index contributed by atoms with van der Waals surface area (Å²) in [4.78, 5) is 10.3. The van der Waals surface area contributed by atoms with Gasteiger partial charge in [0.15, 0.2) is 0 Å². The molecule has 21 heavy (non-hydrogen) atoms. The van der Waals surface area contributed by atoms with E-state index in [1.807, 2.05) is 6.07 Å². The van der Waals surface area contributed by atoms with Gasteiger partial charge in [0, 0.05) is 12.1 Å². The fourth-order valence-electron chi connectivity index (χ4n) is 1.68. The Morgan fingerprint density at radius 1 is 1.24 bits per heavy atom. The Kier molecular flexibility index (Phi) is 4.94. The fourth-order valence-corrected chi connectivity index (χ4v) is 3.07. The summed E-state index contributed by atoms with van der Waals surface area (Å²) in [5, 5.41) is 19.6. The Bertz CT molecular complexity index is 718. The first kappa shape index (κ1) is 15.5. The van der Waals surface area contributed by atoms with Crippen molar-refractivity contribution >= 4 is 37.5 Å². The maximum absolute atomic E-state index is 10.8. The first-order valence-corrected chi connectivity index (χ1v) is 7.35. The Morgan fingerprint density at radius 3 is 2.48 bits per heavy atom. The SMILES string of the molecule is N#Cc1cccc(COc2c(Br)cc([N+](=O)[O-])cc2Br)c1. The van der Waals surface area contributed by atoms with Gasteiger partial charge in [0.25, 0.3) is 5.69 Å². The molecule has 0 aliphatic heterocycles. The highest BCUT2D eigenvalue weighted by Gasteiger charge is 2.15. The van der Waals surface area contributed by atoms with Crippen molar-refractivity contribution < 1.29 is 9.66 Å². The Morgan fingerprint density at radius 2 is 1.90 bits per heavy atom. The molecule has 0 spiro atoms. The molecule has 0 unspecified atom stereocenters. The number of nitriles is 1. The molecule has 2 aromatic carbocycles. The lowest BCUT2D eigenvalue weighted by molar-refractivity contribution is -0.385. The summed E-state index contributed by atoms with van der Waals surface area (Å²) in [5.41, 5.74) is 1.36. The molecule has 0 aliphatic carbocycles. The van der Waals surface area contributed by atoms with E-state index in [2.05, 4.69) is 37.9 Å². The van der Waals surface area contributed by atoms with Crippen LogP contribution in [0.3, 0.4) is 0 Å². The van der Waals surface area contributed by atoms with Crippen molar-refractivity contribution in [2.45, 2.75) is 6.61 Å². The number of hydrogen-bond acceptors (Lipinski definition) is 4. The third-order valence-corrected chi connectivity index (χ3v) is 3.81. The second-order valence-electron chi connectivity index (χ2n) is 4.10. The van der Waals surface area contributed by atoms with Crippen molar-refractivity contribution in [2.75, 3.05) is 0 Å². The molecule has 0 amide bonds. The zero-order chi connectivity index (χ0) is 15.4. The van der Waals surface area contributed by atoms with Gasteiger partial charge in [0.2, 0.25) is 0 Å². The van der Waals surface area contributed by atoms with Gasteiger partial charge in [0.05, 0.1) is 25.5 Å². The predicted molar refractivity (Wildman–Crippen MR) is 84.0 cm³/mol. The second kappa shape index (κ2) is 6.70. The molecule has 0 aromatic heterocycles. The van der Waals surface area contributed by atoms with E-state index in [4.69, 9.17) is 10.00 Å². The van der Waals surface area contributed by atoms with Crippen molar-refractivity contribution in [2.24, 2.45) is 0 Å². The lowest BCUT2D eigenvalue weighted by Crippen LogP contribution is -1.98. The molecule has 0 bridgehead atoms. The topological polar surface area (TPSA) is 76.2 Å². The van der Waals surface area contributed by atoms with Crippen molar-refractivity contribution in [3.8, 4) is 11.8 Å². The average Bonchev–Trinajstić information content (AvgIpc) is 2.46. The van der Waals surface area contributed by atoms with Crippen LogP contribution in [-0.2, 0) is 6.61 Å². The molecule has 0 N–H and O–H groups in total. The van der Waals surface area contributed by atoms with E-state index in [1.54, 1.807) is 18.2 Å². The Balaban J connectivity index is 2.20. The quantitative estimate of drug-likeness (QED) is 0.545. The molecule has 2 rings (SSSR count). The average molecular weight is 412 g/mol. The van der Waals surface area contributed by atoms with Crippen LogP contribution in [0.2, 0.25) is 0 Å². The number of benzene rings is 2. The molecular weight excluding hydrogens is 404 g/mol. The monoisotopic (exact) mass is 410 g/mol. The van der Waals surface area contributed by atoms with E-state index in [9.17, 15) is 10.1 Å². The van der Waals surface area contributed by atoms with Gasteiger partial charge < -0.3 is 4.74 Å². The summed E-state index contributed by atoms with van der Waals surface area (Å²) >= 11 is 6.51. The lowest BCUT2D eigenvalue weighted by atomic mass is 10.1. The molecule has 0 atom stereocenters. The van der Waals surface area contributed by atoms with Gasteiger partial charge in [-0.25, -0.2) is 0 Å². The van der Waals surface area contributed by atoms with Crippen molar-refractivity contribution in [1.29, 1.82) is 5.26 Å². The molecule has 7 heteroatoms. The van der Waals surface area contributed by atoms with Crippen LogP contribution in [0.5, 0.6) is 5.75 Å². The largest absolute Gasteiger partial charge is 0.487 e. The molecule has 2 aromatic rings. The first-order chi connectivity index (χ1) is 10.0. The summed E-state index contributed by atoms with van der Waals surface area (Å²) in [7, 11) is 0. The molecule has 106 valence electrons. The van der Waals surface area contributed by atoms with E-state index >= 15 is 0 Å². The van der Waals surface area contributed by atoms with Gasteiger partial charge in [-0.2, -0.15) is 5.26 Å². The van der Waals surface area contributed by atoms with E-state index in [-0.39, 0.29) is 12.3 Å². The number of ether oxygens (including phenoxy) is 1. The summed E-state index contributed by atoms with van der Waals surface area (Å²) in [6, 6.07) is 11.9. The van der Waals surface area contributed by atoms with E-state index in [1.165, 1.54) is 12.1 Å². The maximum Gasteiger partial charge on any atom is 0.271 e. The highest BCUT2D eigenvalue weighted by molar-refractivity contribution is 9.11. The van der Waals surface area contributed by atoms with Crippen LogP contribution in [0, 0.1) is 21.4 Å². The number of halogens is 2. The van der Waals surface area contributed by atoms with Crippen LogP contribution in [-0.4, -0.2) is 4.92 Å². The van der Waals surface area contributed by atoms with Crippen LogP contribution in [0.15, 0.2) is 45.3 Å². The third kappa shape index (κ3) is 3.80. The molecule has 5 nitrogen and oxygen atoms in total. The summed E-state index contributed by atoms with van der Waals surface area (Å²) in [6.07, 6.45) is 0. The minimum absolute atomic E-state index is 0.0347. The second-order valence-corrected chi connectivity index (χ2v) is 5.81. The number of rotatable bonds is 4. The number of nitro groups is 1. The van der Waals surface area contributed by atoms with Crippen LogP contribution in [0.4, 0.5) is 5.69 Å². The fraction of sp³-hybridized carbons (Fsp3) is 0.0714. The van der Waals surface area contributed by atoms with Gasteiger partial charge in [-0.15, -0.1) is 0 Å². The first-order valence-electron chi connectivity index (χ1n) is 5.76. The minimum atomic E-state index is -0.476. The van der Waals surface area contributed by atoms with Crippen LogP contribution in [0.25, 0.3) is 0 Å². The zero-order valence-electron chi connectivity index (χ0n) is 10.5. The summed E-state index contributed by atoms with van der Waals surface area (Å²) in [6.45, 7) is 0.254. The van der Waals surface area contributed by atoms with Gasteiger partial charge in [-0.3, -0.25) is 10.1 Å². The summed E-state index contributed by atoms with van der Waals surface area (Å²) in [5.74, 6) is 0.475. The number of non-ortho nitro benzene ring substituents is 1. The van der Waals surface area contributed by atoms with E-state index in [0.717, 1.165) is 5.56 Å². The minimum Gasteiger partial charge on any atom is -0.487 e. The van der Waals surface area contributed by atoms with Crippen molar-refractivity contribution in [3.05, 3.63) is 66.6 Å². The van der Waals surface area contributed by atoms with Gasteiger partial charge in [-0.1, -0.05) is 12.1 Å². The molecule has 0 saturated heterocycles. The number of hydrogen-bond donors (Lipinski definition) is 0.